The lowest BCUT2D eigenvalue weighted by Gasteiger charge is -2.63. The number of rotatable bonds is 4. The first-order chi connectivity index (χ1) is 16.7. The molecule has 0 spiro atoms. The van der Waals surface area contributed by atoms with Gasteiger partial charge in [0, 0.05) is 6.20 Å². The number of pyridine rings is 1. The van der Waals surface area contributed by atoms with Crippen molar-refractivity contribution >= 4 is 21.7 Å². The van der Waals surface area contributed by atoms with Crippen LogP contribution in [0.5, 0.6) is 0 Å². The number of nitrogens with zero attached hydrogens (tertiary/aromatic N) is 2. The topological polar surface area (TPSA) is 86.5 Å². The van der Waals surface area contributed by atoms with Gasteiger partial charge in [-0.15, -0.1) is 11.3 Å². The van der Waals surface area contributed by atoms with E-state index in [0.717, 1.165) is 73.1 Å². The van der Waals surface area contributed by atoms with Gasteiger partial charge in [0.25, 0.3) is 0 Å². The average Bonchev–Trinajstić information content (AvgIpc) is 3.41. The lowest BCUT2D eigenvalue weighted by Crippen LogP contribution is -2.62. The molecule has 0 bridgehead atoms. The fourth-order valence-electron chi connectivity index (χ4n) is 9.60. The van der Waals surface area contributed by atoms with Crippen LogP contribution in [0.1, 0.15) is 77.1 Å². The summed E-state index contributed by atoms with van der Waals surface area (Å²) in [5.74, 6) is 2.38. The van der Waals surface area contributed by atoms with Crippen LogP contribution in [-0.2, 0) is 6.42 Å². The second kappa shape index (κ2) is 8.75. The van der Waals surface area contributed by atoms with E-state index in [1.165, 1.54) is 0 Å². The summed E-state index contributed by atoms with van der Waals surface area (Å²) in [7, 11) is 0. The normalized spacial score (nSPS) is 46.1. The summed E-state index contributed by atoms with van der Waals surface area (Å²) in [5, 5.41) is 34.7. The molecule has 0 saturated heterocycles. The maximum atomic E-state index is 11.8. The fraction of sp³-hybridized carbons (Fsp3) is 0.793. The van der Waals surface area contributed by atoms with Crippen molar-refractivity contribution < 1.29 is 15.3 Å². The van der Waals surface area contributed by atoms with Gasteiger partial charge in [-0.2, -0.15) is 0 Å². The van der Waals surface area contributed by atoms with Crippen LogP contribution >= 0.6 is 11.3 Å². The monoisotopic (exact) mass is 498 g/mol. The van der Waals surface area contributed by atoms with Crippen molar-refractivity contribution in [2.45, 2.75) is 96.9 Å². The molecule has 35 heavy (non-hydrogen) atoms. The molecule has 11 atom stereocenters. The number of aliphatic hydroxyl groups excluding tert-OH is 3. The number of aryl methyl sites for hydroxylation is 1. The van der Waals surface area contributed by atoms with E-state index in [2.05, 4.69) is 31.8 Å². The quantitative estimate of drug-likeness (QED) is 0.538. The van der Waals surface area contributed by atoms with Gasteiger partial charge in [-0.3, -0.25) is 0 Å². The fourth-order valence-corrected chi connectivity index (χ4v) is 10.5. The van der Waals surface area contributed by atoms with Crippen LogP contribution < -0.4 is 0 Å². The Balaban J connectivity index is 1.21. The summed E-state index contributed by atoms with van der Waals surface area (Å²) in [6, 6.07) is 4.07. The zero-order valence-corrected chi connectivity index (χ0v) is 22.3. The first-order valence-electron chi connectivity index (χ1n) is 14.0. The van der Waals surface area contributed by atoms with Crippen LogP contribution in [0.25, 0.3) is 10.3 Å². The lowest BCUT2D eigenvalue weighted by atomic mass is 9.43. The van der Waals surface area contributed by atoms with Gasteiger partial charge in [0.2, 0.25) is 0 Å². The smallest absolute Gasteiger partial charge is 0.170 e. The van der Waals surface area contributed by atoms with Crippen LogP contribution in [0.2, 0.25) is 0 Å². The summed E-state index contributed by atoms with van der Waals surface area (Å²) in [4.78, 5) is 9.14. The minimum absolute atomic E-state index is 0.131. The molecule has 2 heterocycles. The van der Waals surface area contributed by atoms with E-state index >= 15 is 0 Å². The molecule has 1 unspecified atom stereocenters. The van der Waals surface area contributed by atoms with Crippen molar-refractivity contribution in [3.05, 3.63) is 23.3 Å². The number of aromatic nitrogens is 2. The SMILES string of the molecule is CC(CCc1nc2ncccc2s1)[C@H]1CC[C@H]2[C@@H]3[C@H](O)C[C@@H]4C[C@H](O)CC[C@]4(C)[C@H]3C[C@H](O)[C@]12C. The molecule has 2 aromatic rings. The lowest BCUT2D eigenvalue weighted by molar-refractivity contribution is -0.207. The number of hydrogen-bond acceptors (Lipinski definition) is 6. The Labute approximate surface area is 213 Å². The molecule has 6 rings (SSSR count). The Morgan fingerprint density at radius 2 is 1.91 bits per heavy atom. The number of aliphatic hydroxyl groups is 3. The van der Waals surface area contributed by atoms with Crippen molar-refractivity contribution in [1.29, 1.82) is 0 Å². The highest BCUT2D eigenvalue weighted by molar-refractivity contribution is 7.18. The van der Waals surface area contributed by atoms with Crippen LogP contribution in [0, 0.1) is 46.3 Å². The molecule has 0 radical (unpaired) electrons. The predicted octanol–water partition coefficient (Wildman–Crippen LogP) is 5.22. The van der Waals surface area contributed by atoms with Gasteiger partial charge in [0.05, 0.1) is 28.0 Å². The average molecular weight is 499 g/mol. The molecular weight excluding hydrogens is 456 g/mol. The third-order valence-electron chi connectivity index (χ3n) is 11.5. The van der Waals surface area contributed by atoms with E-state index in [1.807, 2.05) is 12.3 Å². The minimum atomic E-state index is -0.315. The van der Waals surface area contributed by atoms with Gasteiger partial charge in [0.1, 0.15) is 0 Å². The molecule has 2 aromatic heterocycles. The van der Waals surface area contributed by atoms with E-state index in [1.54, 1.807) is 11.3 Å². The van der Waals surface area contributed by atoms with E-state index in [0.29, 0.717) is 29.6 Å². The number of fused-ring (bicyclic) bond motifs is 6. The van der Waals surface area contributed by atoms with Gasteiger partial charge in [0.15, 0.2) is 5.65 Å². The molecule has 0 amide bonds. The maximum Gasteiger partial charge on any atom is 0.170 e. The first-order valence-corrected chi connectivity index (χ1v) is 14.8. The molecule has 192 valence electrons. The van der Waals surface area contributed by atoms with Crippen LogP contribution in [0.15, 0.2) is 18.3 Å². The Morgan fingerprint density at radius 1 is 1.09 bits per heavy atom. The van der Waals surface area contributed by atoms with E-state index in [-0.39, 0.29) is 35.1 Å². The molecule has 6 heteroatoms. The summed E-state index contributed by atoms with van der Waals surface area (Å²) in [6.07, 6.45) is 9.62. The van der Waals surface area contributed by atoms with E-state index in [9.17, 15) is 15.3 Å². The van der Waals surface area contributed by atoms with Gasteiger partial charge < -0.3 is 15.3 Å². The zero-order valence-electron chi connectivity index (χ0n) is 21.4. The molecular formula is C29H42N2O3S. The standard InChI is InChI=1S/C29H42N2O3S/c1-16(6-9-25-31-27-23(35-25)5-4-12-30-27)19-7-8-20-26-21(15-24(34)29(19,20)3)28(2)11-10-18(32)13-17(28)14-22(26)33/h4-5,12,16-22,24,26,32-34H,6-11,13-15H2,1-3H3/t16?,17-,18+,19+,20-,21-,22+,24-,26-,28-,29+/m0/s1. The van der Waals surface area contributed by atoms with Crippen molar-refractivity contribution in [1.82, 2.24) is 9.97 Å². The van der Waals surface area contributed by atoms with E-state index in [4.69, 9.17) is 4.98 Å². The maximum absolute atomic E-state index is 11.8. The Bertz CT molecular complexity index is 1040. The largest absolute Gasteiger partial charge is 0.393 e. The summed E-state index contributed by atoms with van der Waals surface area (Å²) >= 11 is 1.76. The van der Waals surface area contributed by atoms with Gasteiger partial charge in [-0.05, 0) is 116 Å². The van der Waals surface area contributed by atoms with Crippen molar-refractivity contribution in [3.8, 4) is 0 Å². The third-order valence-corrected chi connectivity index (χ3v) is 12.6. The van der Waals surface area contributed by atoms with Crippen LogP contribution in [0.3, 0.4) is 0 Å². The highest BCUT2D eigenvalue weighted by atomic mass is 32.1. The second-order valence-electron chi connectivity index (χ2n) is 13.0. The molecule has 0 aliphatic heterocycles. The van der Waals surface area contributed by atoms with Crippen LogP contribution in [0.4, 0.5) is 0 Å². The summed E-state index contributed by atoms with van der Waals surface area (Å²) in [6.45, 7) is 7.13. The Morgan fingerprint density at radius 3 is 2.71 bits per heavy atom. The minimum Gasteiger partial charge on any atom is -0.393 e. The van der Waals surface area contributed by atoms with Gasteiger partial charge in [-0.1, -0.05) is 20.8 Å². The predicted molar refractivity (Wildman–Crippen MR) is 139 cm³/mol. The second-order valence-corrected chi connectivity index (χ2v) is 14.1. The Hall–Kier alpha value is -1.08. The molecule has 0 aromatic carbocycles. The summed E-state index contributed by atoms with van der Waals surface area (Å²) < 4.78 is 1.16. The molecule has 4 fully saturated rings. The van der Waals surface area contributed by atoms with Crippen molar-refractivity contribution in [3.63, 3.8) is 0 Å². The number of thiazole rings is 1. The first kappa shape index (κ1) is 24.3. The highest BCUT2D eigenvalue weighted by Crippen LogP contribution is 2.68. The third kappa shape index (κ3) is 3.72. The van der Waals surface area contributed by atoms with Crippen molar-refractivity contribution in [2.75, 3.05) is 0 Å². The molecule has 4 aliphatic rings. The van der Waals surface area contributed by atoms with Crippen molar-refractivity contribution in [2.24, 2.45) is 46.3 Å². The zero-order chi connectivity index (χ0) is 24.5. The highest BCUT2D eigenvalue weighted by Gasteiger charge is 2.65. The van der Waals surface area contributed by atoms with E-state index < -0.39 is 0 Å². The van der Waals surface area contributed by atoms with Crippen LogP contribution in [-0.4, -0.2) is 43.6 Å². The molecule has 4 aliphatic carbocycles. The Kier molecular flexibility index (Phi) is 6.07. The number of hydrogen-bond donors (Lipinski definition) is 3. The summed E-state index contributed by atoms with van der Waals surface area (Å²) in [5.41, 5.74) is 0.861. The molecule has 5 nitrogen and oxygen atoms in total. The van der Waals surface area contributed by atoms with Gasteiger partial charge >= 0.3 is 0 Å². The molecule has 4 saturated carbocycles. The van der Waals surface area contributed by atoms with Gasteiger partial charge in [-0.25, -0.2) is 9.97 Å². The molecule has 3 N–H and O–H groups in total.